The summed E-state index contributed by atoms with van der Waals surface area (Å²) in [6, 6.07) is 0. The van der Waals surface area contributed by atoms with Crippen molar-refractivity contribution in [3.63, 3.8) is 0 Å². The topological polar surface area (TPSA) is 68.2 Å². The second-order valence-electron chi connectivity index (χ2n) is 5.32. The first-order chi connectivity index (χ1) is 10.2. The van der Waals surface area contributed by atoms with Crippen LogP contribution in [0.25, 0.3) is 0 Å². The van der Waals surface area contributed by atoms with Crippen LogP contribution in [-0.4, -0.2) is 75.3 Å². The Hall–Kier alpha value is -0.690. The van der Waals surface area contributed by atoms with Crippen LogP contribution in [0.2, 0.25) is 0 Å². The van der Waals surface area contributed by atoms with E-state index in [1.54, 1.807) is 0 Å². The van der Waals surface area contributed by atoms with Gasteiger partial charge in [0.2, 0.25) is 0 Å². The highest BCUT2D eigenvalue weighted by Crippen LogP contribution is 2.15. The number of unbranched alkanes of at least 4 members (excludes halogenated alkanes) is 1. The molecular weight excluding hydrogens is 274 g/mol. The summed E-state index contributed by atoms with van der Waals surface area (Å²) in [5.74, 6) is -0.894. The molecule has 1 rings (SSSR count). The van der Waals surface area contributed by atoms with Gasteiger partial charge in [0.25, 0.3) is 0 Å². The largest absolute Gasteiger partial charge is 0.481 e. The maximum absolute atomic E-state index is 10.8. The molecule has 0 amide bonds. The van der Waals surface area contributed by atoms with Crippen molar-refractivity contribution in [1.82, 2.24) is 4.90 Å². The van der Waals surface area contributed by atoms with Gasteiger partial charge in [0.1, 0.15) is 0 Å². The Morgan fingerprint density at radius 1 is 1.10 bits per heavy atom. The van der Waals surface area contributed by atoms with Gasteiger partial charge in [-0.1, -0.05) is 13.3 Å². The molecule has 1 aliphatic rings. The van der Waals surface area contributed by atoms with Crippen LogP contribution in [0.3, 0.4) is 0 Å². The number of carbonyl (C=O) groups is 1. The van der Waals surface area contributed by atoms with Crippen molar-refractivity contribution in [2.75, 3.05) is 59.3 Å². The minimum Gasteiger partial charge on any atom is -0.481 e. The second-order valence-corrected chi connectivity index (χ2v) is 5.32. The highest BCUT2D eigenvalue weighted by molar-refractivity contribution is 5.70. The van der Waals surface area contributed by atoms with Gasteiger partial charge in [-0.05, 0) is 19.4 Å². The SMILES string of the molecule is CCCCOCCOCCOCCN1CCC(C(=O)O)C1. The third-order valence-corrected chi connectivity index (χ3v) is 3.56. The number of carboxylic acid groups (broad SMARTS) is 1. The highest BCUT2D eigenvalue weighted by atomic mass is 16.5. The van der Waals surface area contributed by atoms with Crippen LogP contribution in [0.15, 0.2) is 0 Å². The molecule has 1 unspecified atom stereocenters. The van der Waals surface area contributed by atoms with Crippen LogP contribution >= 0.6 is 0 Å². The smallest absolute Gasteiger partial charge is 0.307 e. The zero-order valence-electron chi connectivity index (χ0n) is 13.1. The Morgan fingerprint density at radius 3 is 2.29 bits per heavy atom. The molecule has 1 atom stereocenters. The van der Waals surface area contributed by atoms with E-state index in [4.69, 9.17) is 19.3 Å². The van der Waals surface area contributed by atoms with Crippen LogP contribution in [0.4, 0.5) is 0 Å². The summed E-state index contributed by atoms with van der Waals surface area (Å²) < 4.78 is 16.3. The van der Waals surface area contributed by atoms with Crippen LogP contribution in [0.5, 0.6) is 0 Å². The third-order valence-electron chi connectivity index (χ3n) is 3.56. The average molecular weight is 303 g/mol. The molecule has 0 aromatic carbocycles. The van der Waals surface area contributed by atoms with Gasteiger partial charge >= 0.3 is 5.97 Å². The molecule has 6 heteroatoms. The van der Waals surface area contributed by atoms with Crippen LogP contribution in [0, 0.1) is 5.92 Å². The first kappa shape index (κ1) is 18.4. The zero-order valence-corrected chi connectivity index (χ0v) is 13.1. The summed E-state index contributed by atoms with van der Waals surface area (Å²) in [7, 11) is 0. The van der Waals surface area contributed by atoms with Gasteiger partial charge < -0.3 is 24.2 Å². The number of carboxylic acids is 1. The number of hydrogen-bond acceptors (Lipinski definition) is 5. The summed E-state index contributed by atoms with van der Waals surface area (Å²) in [5, 5.41) is 8.91. The Balaban J connectivity index is 1.80. The lowest BCUT2D eigenvalue weighted by Gasteiger charge is -2.15. The van der Waals surface area contributed by atoms with Gasteiger partial charge in [-0.15, -0.1) is 0 Å². The van der Waals surface area contributed by atoms with E-state index in [1.165, 1.54) is 0 Å². The first-order valence-corrected chi connectivity index (χ1v) is 7.92. The molecule has 0 saturated carbocycles. The fourth-order valence-corrected chi connectivity index (χ4v) is 2.22. The lowest BCUT2D eigenvalue weighted by molar-refractivity contribution is -0.141. The molecule has 0 radical (unpaired) electrons. The third kappa shape index (κ3) is 9.03. The number of likely N-dealkylation sites (tertiary alicyclic amines) is 1. The van der Waals surface area contributed by atoms with Crippen LogP contribution < -0.4 is 0 Å². The molecule has 21 heavy (non-hydrogen) atoms. The standard InChI is InChI=1S/C15H29NO5/c1-2-3-7-19-9-11-21-12-10-20-8-6-16-5-4-14(13-16)15(17)18/h14H,2-13H2,1H3,(H,17,18). The van der Waals surface area contributed by atoms with E-state index >= 15 is 0 Å². The Kier molecular flexibility index (Phi) is 10.4. The molecule has 1 heterocycles. The van der Waals surface area contributed by atoms with E-state index in [9.17, 15) is 4.79 Å². The van der Waals surface area contributed by atoms with Gasteiger partial charge in [-0.3, -0.25) is 4.79 Å². The molecule has 1 fully saturated rings. The van der Waals surface area contributed by atoms with Crippen molar-refractivity contribution >= 4 is 5.97 Å². The number of rotatable bonds is 13. The van der Waals surface area contributed by atoms with Crippen molar-refractivity contribution in [2.45, 2.75) is 26.2 Å². The van der Waals surface area contributed by atoms with E-state index in [2.05, 4.69) is 11.8 Å². The maximum Gasteiger partial charge on any atom is 0.307 e. The molecule has 0 bridgehead atoms. The fourth-order valence-electron chi connectivity index (χ4n) is 2.22. The predicted molar refractivity (Wildman–Crippen MR) is 79.5 cm³/mol. The number of aliphatic carboxylic acids is 1. The molecule has 1 N–H and O–H groups in total. The van der Waals surface area contributed by atoms with Crippen LogP contribution in [0.1, 0.15) is 26.2 Å². The average Bonchev–Trinajstić information content (AvgIpc) is 2.94. The highest BCUT2D eigenvalue weighted by Gasteiger charge is 2.27. The van der Waals surface area contributed by atoms with Gasteiger partial charge in [-0.25, -0.2) is 0 Å². The Bertz CT molecular complexity index is 275. The van der Waals surface area contributed by atoms with Crippen LogP contribution in [-0.2, 0) is 19.0 Å². The molecule has 0 spiro atoms. The second kappa shape index (κ2) is 11.9. The summed E-state index contributed by atoms with van der Waals surface area (Å²) in [4.78, 5) is 13.0. The normalized spacial score (nSPS) is 19.2. The zero-order chi connectivity index (χ0) is 15.3. The van der Waals surface area contributed by atoms with E-state index < -0.39 is 5.97 Å². The molecule has 1 saturated heterocycles. The number of ether oxygens (including phenoxy) is 3. The van der Waals surface area contributed by atoms with Crippen molar-refractivity contribution < 1.29 is 24.1 Å². The van der Waals surface area contributed by atoms with Crippen molar-refractivity contribution in [2.24, 2.45) is 5.92 Å². The van der Waals surface area contributed by atoms with E-state index in [0.717, 1.165) is 39.0 Å². The Labute approximate surface area is 127 Å². The molecule has 0 aromatic heterocycles. The first-order valence-electron chi connectivity index (χ1n) is 7.92. The van der Waals surface area contributed by atoms with E-state index in [1.807, 2.05) is 0 Å². The summed E-state index contributed by atoms with van der Waals surface area (Å²) in [6.07, 6.45) is 3.00. The number of hydrogen-bond donors (Lipinski definition) is 1. The molecular formula is C15H29NO5. The maximum atomic E-state index is 10.8. The molecule has 6 nitrogen and oxygen atoms in total. The lowest BCUT2D eigenvalue weighted by Crippen LogP contribution is -2.27. The quantitative estimate of drug-likeness (QED) is 0.516. The molecule has 124 valence electrons. The predicted octanol–water partition coefficient (Wildman–Crippen LogP) is 1.24. The molecule has 0 aliphatic carbocycles. The minimum absolute atomic E-state index is 0.207. The summed E-state index contributed by atoms with van der Waals surface area (Å²) >= 11 is 0. The van der Waals surface area contributed by atoms with E-state index in [-0.39, 0.29) is 5.92 Å². The molecule has 1 aliphatic heterocycles. The van der Waals surface area contributed by atoms with Crippen molar-refractivity contribution in [3.8, 4) is 0 Å². The van der Waals surface area contributed by atoms with Gasteiger partial charge in [-0.2, -0.15) is 0 Å². The van der Waals surface area contributed by atoms with Crippen molar-refractivity contribution in [3.05, 3.63) is 0 Å². The minimum atomic E-state index is -0.687. The Morgan fingerprint density at radius 2 is 1.71 bits per heavy atom. The summed E-state index contributed by atoms with van der Waals surface area (Å²) in [5.41, 5.74) is 0. The lowest BCUT2D eigenvalue weighted by atomic mass is 10.1. The fraction of sp³-hybridized carbons (Fsp3) is 0.933. The van der Waals surface area contributed by atoms with Gasteiger partial charge in [0, 0.05) is 19.7 Å². The monoisotopic (exact) mass is 303 g/mol. The van der Waals surface area contributed by atoms with Crippen molar-refractivity contribution in [1.29, 1.82) is 0 Å². The van der Waals surface area contributed by atoms with Gasteiger partial charge in [0.05, 0.1) is 39.0 Å². The van der Waals surface area contributed by atoms with Gasteiger partial charge in [0.15, 0.2) is 0 Å². The number of nitrogens with zero attached hydrogens (tertiary/aromatic N) is 1. The molecule has 0 aromatic rings. The van der Waals surface area contributed by atoms with E-state index in [0.29, 0.717) is 39.6 Å². The summed E-state index contributed by atoms with van der Waals surface area (Å²) in [6.45, 7) is 8.28.